The Labute approximate surface area is 255 Å². The van der Waals surface area contributed by atoms with Gasteiger partial charge in [0.25, 0.3) is 11.8 Å². The predicted molar refractivity (Wildman–Crippen MR) is 142 cm³/mol. The normalized spacial score (nSPS) is 25.9. The van der Waals surface area contributed by atoms with E-state index in [4.69, 9.17) is 27.7 Å². The smallest absolute Gasteiger partial charge is 0.442 e. The van der Waals surface area contributed by atoms with Crippen molar-refractivity contribution in [1.82, 2.24) is 30.6 Å². The first-order chi connectivity index (χ1) is 21.3. The monoisotopic (exact) mass is 662 g/mol. The highest BCUT2D eigenvalue weighted by Gasteiger charge is 2.56. The van der Waals surface area contributed by atoms with Crippen LogP contribution >= 0.6 is 0 Å². The summed E-state index contributed by atoms with van der Waals surface area (Å²) >= 11 is 0. The van der Waals surface area contributed by atoms with Crippen molar-refractivity contribution in [2.24, 2.45) is 10.3 Å². The first-order valence-electron chi connectivity index (χ1n) is 13.1. The maximum atomic E-state index is 13.2. The first-order valence-corrected chi connectivity index (χ1v) is 14.5. The minimum Gasteiger partial charge on any atom is -0.467 e. The zero-order valence-corrected chi connectivity index (χ0v) is 25.2. The van der Waals surface area contributed by atoms with Crippen LogP contribution in [0, 0.1) is 0 Å². The molecule has 0 unspecified atom stereocenters. The maximum absolute atomic E-state index is 13.2. The molecule has 0 aromatic rings. The number of urea groups is 2. The van der Waals surface area contributed by atoms with Crippen LogP contribution in [0.1, 0.15) is 12.8 Å². The zero-order chi connectivity index (χ0) is 33.1. The lowest BCUT2D eigenvalue weighted by molar-refractivity contribution is -0.146. The second-order valence-corrected chi connectivity index (χ2v) is 10.8. The van der Waals surface area contributed by atoms with Gasteiger partial charge in [0, 0.05) is 26.9 Å². The van der Waals surface area contributed by atoms with E-state index in [0.717, 1.165) is 24.0 Å². The molecule has 0 spiro atoms. The molecular weight excluding hydrogens is 632 g/mol. The van der Waals surface area contributed by atoms with E-state index in [2.05, 4.69) is 20.9 Å². The summed E-state index contributed by atoms with van der Waals surface area (Å²) in [6.45, 7) is -1.60. The van der Waals surface area contributed by atoms with Crippen molar-refractivity contribution in [3.05, 3.63) is 0 Å². The summed E-state index contributed by atoms with van der Waals surface area (Å²) in [7, 11) is -0.398. The molecule has 0 radical (unpaired) electrons. The van der Waals surface area contributed by atoms with Gasteiger partial charge in [-0.15, -0.1) is 8.57 Å². The molecule has 6 amide bonds. The molecular formula is C22H30N8O14S. The Hall–Kier alpha value is -4.77. The van der Waals surface area contributed by atoms with Gasteiger partial charge in [0.15, 0.2) is 13.2 Å². The highest BCUT2D eigenvalue weighted by molar-refractivity contribution is 7.81. The second kappa shape index (κ2) is 13.5. The standard InChI is InChI=1S/C22H30N8O14S/c1-23-17(31)9-41-25-11-5-13(19(33)39-3)27-7-15(11)29(21(27)35)43-45(37,38)44-30-16-8-28(22(30)36)14(20(34)40-4)6-12(16)26-42-10-18(32)24-2/h13-16H,5-10H2,1-4H3,(H,23,31)(H,24,32)/b25-11+,26-12+/t13-,14-,15-,16-/m0/s1. The van der Waals surface area contributed by atoms with E-state index < -0.39 is 83.6 Å². The molecule has 4 atom stereocenters. The molecule has 0 aromatic carbocycles. The zero-order valence-electron chi connectivity index (χ0n) is 24.4. The maximum Gasteiger partial charge on any atom is 0.442 e. The van der Waals surface area contributed by atoms with Gasteiger partial charge in [-0.05, 0) is 0 Å². The lowest BCUT2D eigenvalue weighted by atomic mass is 9.99. The number of carbonyl (C=O) groups excluding carboxylic acids is 6. The van der Waals surface area contributed by atoms with Crippen molar-refractivity contribution in [3.63, 3.8) is 0 Å². The minimum absolute atomic E-state index is 0.0329. The van der Waals surface area contributed by atoms with Gasteiger partial charge >= 0.3 is 34.4 Å². The number of carbonyl (C=O) groups is 6. The van der Waals surface area contributed by atoms with Crippen LogP contribution in [0.3, 0.4) is 0 Å². The van der Waals surface area contributed by atoms with Crippen LogP contribution in [0.2, 0.25) is 0 Å². The summed E-state index contributed by atoms with van der Waals surface area (Å²) in [4.78, 5) is 86.2. The number of nitrogens with zero attached hydrogens (tertiary/aromatic N) is 6. The van der Waals surface area contributed by atoms with Gasteiger partial charge in [-0.3, -0.25) is 9.59 Å². The van der Waals surface area contributed by atoms with Gasteiger partial charge < -0.3 is 39.6 Å². The van der Waals surface area contributed by atoms with E-state index in [1.165, 1.54) is 14.1 Å². The molecule has 45 heavy (non-hydrogen) atoms. The molecule has 0 aliphatic carbocycles. The van der Waals surface area contributed by atoms with Crippen LogP contribution in [0.15, 0.2) is 10.3 Å². The van der Waals surface area contributed by atoms with Crippen LogP contribution < -0.4 is 10.6 Å². The lowest BCUT2D eigenvalue weighted by Gasteiger charge is -2.29. The number of hydroxylamine groups is 4. The summed E-state index contributed by atoms with van der Waals surface area (Å²) in [5.74, 6) is -2.76. The quantitative estimate of drug-likeness (QED) is 0.152. The van der Waals surface area contributed by atoms with Gasteiger partial charge in [0.2, 0.25) is 0 Å². The number of rotatable bonds is 12. The van der Waals surface area contributed by atoms with Gasteiger partial charge in [-0.1, -0.05) is 10.3 Å². The lowest BCUT2D eigenvalue weighted by Crippen LogP contribution is -2.49. The SMILES string of the molecule is CNC(=O)CO/N=C1\C[C@@H](C(=O)OC)N2C[C@@H]1N(OS(=O)(=O)ON1C(=O)N3C[C@H]1/C(=N/OCC(=O)NC)C[C@H]3C(=O)OC)C2=O. The molecule has 4 aliphatic rings. The van der Waals surface area contributed by atoms with E-state index in [1.807, 2.05) is 0 Å². The van der Waals surface area contributed by atoms with E-state index >= 15 is 0 Å². The van der Waals surface area contributed by atoms with Crippen LogP contribution in [0.4, 0.5) is 9.59 Å². The van der Waals surface area contributed by atoms with Crippen molar-refractivity contribution >= 4 is 57.6 Å². The number of piperidine rings is 2. The number of oxime groups is 2. The third-order valence-corrected chi connectivity index (χ3v) is 7.79. The topological polar surface area (TPSA) is 254 Å². The largest absolute Gasteiger partial charge is 0.467 e. The molecule has 4 rings (SSSR count). The van der Waals surface area contributed by atoms with Crippen molar-refractivity contribution in [3.8, 4) is 0 Å². The van der Waals surface area contributed by atoms with Crippen LogP contribution in [0.25, 0.3) is 0 Å². The summed E-state index contributed by atoms with van der Waals surface area (Å²) in [6.07, 6.45) is -0.492. The fourth-order valence-electron chi connectivity index (χ4n) is 4.85. The average Bonchev–Trinajstić information content (AvgIpc) is 3.44. The Morgan fingerprint density at radius 1 is 0.756 bits per heavy atom. The van der Waals surface area contributed by atoms with Gasteiger partial charge in [0.05, 0.1) is 38.7 Å². The number of likely N-dealkylation sites (N-methyl/N-ethyl adjacent to an activating group) is 2. The van der Waals surface area contributed by atoms with Gasteiger partial charge in [-0.25, -0.2) is 19.2 Å². The third kappa shape index (κ3) is 6.83. The second-order valence-electron chi connectivity index (χ2n) is 9.66. The Morgan fingerprint density at radius 3 is 1.47 bits per heavy atom. The highest BCUT2D eigenvalue weighted by Crippen LogP contribution is 2.33. The molecule has 4 heterocycles. The Kier molecular flexibility index (Phi) is 9.92. The number of fused-ring (bicyclic) bond motifs is 4. The Morgan fingerprint density at radius 2 is 1.13 bits per heavy atom. The third-order valence-electron chi connectivity index (χ3n) is 7.10. The summed E-state index contributed by atoms with van der Waals surface area (Å²) in [5, 5.41) is 13.0. The summed E-state index contributed by atoms with van der Waals surface area (Å²) in [6, 6.07) is -7.06. The van der Waals surface area contributed by atoms with E-state index in [9.17, 15) is 37.2 Å². The molecule has 0 saturated carbocycles. The minimum atomic E-state index is -5.30. The van der Waals surface area contributed by atoms with Crippen LogP contribution in [-0.2, 0) is 57.3 Å². The number of hydrogen-bond donors (Lipinski definition) is 2. The number of amides is 6. The van der Waals surface area contributed by atoms with E-state index in [0.29, 0.717) is 10.1 Å². The average molecular weight is 663 g/mol. The van der Waals surface area contributed by atoms with E-state index in [-0.39, 0.29) is 37.4 Å². The molecule has 2 N–H and O–H groups in total. The van der Waals surface area contributed by atoms with Crippen LogP contribution in [0.5, 0.6) is 0 Å². The van der Waals surface area contributed by atoms with Crippen molar-refractivity contribution in [2.75, 3.05) is 54.6 Å². The summed E-state index contributed by atoms with van der Waals surface area (Å²) < 4.78 is 45.7. The molecule has 22 nitrogen and oxygen atoms in total. The van der Waals surface area contributed by atoms with E-state index in [1.54, 1.807) is 0 Å². The molecule has 4 bridgehead atoms. The number of esters is 2. The first kappa shape index (κ1) is 33.1. The van der Waals surface area contributed by atoms with Gasteiger partial charge in [0.1, 0.15) is 24.2 Å². The van der Waals surface area contributed by atoms with Crippen molar-refractivity contribution in [2.45, 2.75) is 37.0 Å². The van der Waals surface area contributed by atoms with Crippen LogP contribution in [-0.4, -0.2) is 154 Å². The molecule has 248 valence electrons. The van der Waals surface area contributed by atoms with Crippen molar-refractivity contribution < 1.29 is 64.9 Å². The molecule has 4 fully saturated rings. The number of nitrogens with one attached hydrogen (secondary N) is 2. The molecule has 23 heteroatoms. The van der Waals surface area contributed by atoms with Gasteiger partial charge in [-0.2, -0.15) is 18.5 Å². The Balaban J connectivity index is 1.57. The fourth-order valence-corrected chi connectivity index (χ4v) is 5.60. The van der Waals surface area contributed by atoms with Crippen molar-refractivity contribution in [1.29, 1.82) is 0 Å². The Bertz CT molecular complexity index is 1320. The molecule has 0 aromatic heterocycles. The number of methoxy groups -OCH3 is 2. The highest BCUT2D eigenvalue weighted by atomic mass is 32.3. The summed E-state index contributed by atoms with van der Waals surface area (Å²) in [5.41, 5.74) is -0.0659. The number of ether oxygens (including phenoxy) is 2. The molecule has 4 saturated heterocycles. The predicted octanol–water partition coefficient (Wildman–Crippen LogP) is -3.57. The number of hydrogen-bond acceptors (Lipinski definition) is 16. The molecule has 4 aliphatic heterocycles. The fraction of sp³-hybridized carbons (Fsp3) is 0.636.